The number of hydrogen-bond acceptors (Lipinski definition) is 8. The van der Waals surface area contributed by atoms with Gasteiger partial charge in [0.15, 0.2) is 11.2 Å². The first-order chi connectivity index (χ1) is 15.2. The van der Waals surface area contributed by atoms with E-state index in [1.165, 1.54) is 0 Å². The average Bonchev–Trinajstić information content (AvgIpc) is 2.84. The van der Waals surface area contributed by atoms with Crippen LogP contribution in [0.1, 0.15) is 6.92 Å². The Bertz CT molecular complexity index is 764. The summed E-state index contributed by atoms with van der Waals surface area (Å²) in [5, 5.41) is 9.19. The molecule has 3 aliphatic rings. The number of azo groups is 1. The molecule has 31 heavy (non-hydrogen) atoms. The topological polar surface area (TPSA) is 79.2 Å². The fourth-order valence-electron chi connectivity index (χ4n) is 4.38. The molecule has 9 nitrogen and oxygen atoms in total. The van der Waals surface area contributed by atoms with Gasteiger partial charge in [0, 0.05) is 46.2 Å². The molecule has 170 valence electrons. The summed E-state index contributed by atoms with van der Waals surface area (Å²) in [6, 6.07) is 9.60. The zero-order valence-electron chi connectivity index (χ0n) is 18.2. The summed E-state index contributed by atoms with van der Waals surface area (Å²) in [6.07, 6.45) is 0. The maximum Gasteiger partial charge on any atom is 0.183 e. The molecule has 3 saturated heterocycles. The molecule has 3 heterocycles. The minimum atomic E-state index is -2.46. The van der Waals surface area contributed by atoms with Crippen molar-refractivity contribution in [2.24, 2.45) is 10.2 Å². The number of nitrogens with zero attached hydrogens (tertiary/aromatic N) is 5. The lowest BCUT2D eigenvalue weighted by atomic mass is 10.3. The zero-order chi connectivity index (χ0) is 21.5. The number of ether oxygens (including phenoxy) is 3. The van der Waals surface area contributed by atoms with E-state index in [0.29, 0.717) is 45.1 Å². The monoisotopic (exact) mass is 449 g/mol. The minimum absolute atomic E-state index is 0.0301. The quantitative estimate of drug-likeness (QED) is 0.487. The number of Topliss-reactive ketones (excluding diaryl/α,β-unsaturated/α-hetero) is 1. The highest BCUT2D eigenvalue weighted by molar-refractivity contribution is 7.71. The largest absolute Gasteiger partial charge is 0.379 e. The molecule has 0 spiro atoms. The summed E-state index contributed by atoms with van der Waals surface area (Å²) in [5.41, 5.74) is 1.30. The van der Waals surface area contributed by atoms with Gasteiger partial charge in [0.25, 0.3) is 0 Å². The fourth-order valence-corrected chi connectivity index (χ4v) is 9.01. The van der Waals surface area contributed by atoms with Gasteiger partial charge in [-0.2, -0.15) is 5.11 Å². The first-order valence-corrected chi connectivity index (χ1v) is 12.6. The first-order valence-electron chi connectivity index (χ1n) is 11.0. The van der Waals surface area contributed by atoms with Crippen LogP contribution in [0, 0.1) is 0 Å². The molecule has 0 N–H and O–H groups in total. The Balaban J connectivity index is 1.91. The van der Waals surface area contributed by atoms with E-state index in [4.69, 9.17) is 14.2 Å². The van der Waals surface area contributed by atoms with Crippen LogP contribution in [-0.4, -0.2) is 104 Å². The standard InChI is InChI=1S/C21H32N5O4P/c1-19(27)21(23-22-20-5-3-2-4-6-20)31(24-7-13-28-14-8-24,25-9-15-29-16-10-25)26-11-17-30-18-12-26/h2-6H,7-18H2,1H3. The van der Waals surface area contributed by atoms with Crippen molar-refractivity contribution in [3.05, 3.63) is 30.3 Å². The fraction of sp³-hybridized carbons (Fsp3) is 0.619. The summed E-state index contributed by atoms with van der Waals surface area (Å²) in [4.78, 5) is 13.2. The van der Waals surface area contributed by atoms with Crippen LogP contribution < -0.4 is 0 Å². The number of hydrogen-bond donors (Lipinski definition) is 0. The molecular formula is C21H32N5O4P. The molecule has 10 heteroatoms. The van der Waals surface area contributed by atoms with Crippen molar-refractivity contribution in [3.8, 4) is 0 Å². The predicted molar refractivity (Wildman–Crippen MR) is 121 cm³/mol. The van der Waals surface area contributed by atoms with E-state index in [0.717, 1.165) is 45.0 Å². The highest BCUT2D eigenvalue weighted by Crippen LogP contribution is 2.60. The Morgan fingerprint density at radius 1 is 0.774 bits per heavy atom. The van der Waals surface area contributed by atoms with Crippen LogP contribution in [0.15, 0.2) is 40.6 Å². The second kappa shape index (κ2) is 10.9. The second-order valence-corrected chi connectivity index (χ2v) is 10.9. The van der Waals surface area contributed by atoms with Gasteiger partial charge >= 0.3 is 0 Å². The Morgan fingerprint density at radius 3 is 1.58 bits per heavy atom. The Hall–Kier alpha value is -1.45. The van der Waals surface area contributed by atoms with E-state index < -0.39 is 7.34 Å². The summed E-state index contributed by atoms with van der Waals surface area (Å²) < 4.78 is 24.4. The van der Waals surface area contributed by atoms with Crippen molar-refractivity contribution in [1.29, 1.82) is 0 Å². The Morgan fingerprint density at radius 2 is 1.19 bits per heavy atom. The van der Waals surface area contributed by atoms with Gasteiger partial charge in [0.05, 0.1) is 45.3 Å². The van der Waals surface area contributed by atoms with Gasteiger partial charge in [-0.1, -0.05) is 18.2 Å². The lowest BCUT2D eigenvalue weighted by Crippen LogP contribution is -2.53. The van der Waals surface area contributed by atoms with E-state index in [2.05, 4.69) is 24.2 Å². The number of rotatable bonds is 6. The third-order valence-electron chi connectivity index (χ3n) is 5.76. The van der Waals surface area contributed by atoms with Crippen LogP contribution in [0.5, 0.6) is 0 Å². The van der Waals surface area contributed by atoms with Crippen molar-refractivity contribution in [2.75, 3.05) is 78.9 Å². The van der Waals surface area contributed by atoms with Crippen LogP contribution >= 0.6 is 7.34 Å². The second-order valence-electron chi connectivity index (χ2n) is 7.68. The van der Waals surface area contributed by atoms with E-state index in [1.54, 1.807) is 6.92 Å². The van der Waals surface area contributed by atoms with Crippen LogP contribution in [0.3, 0.4) is 0 Å². The molecule has 0 radical (unpaired) electrons. The van der Waals surface area contributed by atoms with Gasteiger partial charge in [0.2, 0.25) is 0 Å². The number of benzene rings is 1. The maximum absolute atomic E-state index is 13.2. The van der Waals surface area contributed by atoms with Crippen molar-refractivity contribution < 1.29 is 19.0 Å². The molecule has 0 unspecified atom stereocenters. The van der Waals surface area contributed by atoms with Crippen LogP contribution in [0.2, 0.25) is 0 Å². The van der Waals surface area contributed by atoms with Gasteiger partial charge in [0.1, 0.15) is 7.34 Å². The molecule has 1 aromatic rings. The Kier molecular flexibility index (Phi) is 8.01. The normalized spacial score (nSPS) is 22.6. The van der Waals surface area contributed by atoms with Crippen LogP contribution in [-0.2, 0) is 19.0 Å². The number of morpholine rings is 3. The van der Waals surface area contributed by atoms with E-state index >= 15 is 0 Å². The highest BCUT2D eigenvalue weighted by atomic mass is 31.2. The average molecular weight is 449 g/mol. The maximum atomic E-state index is 13.2. The van der Waals surface area contributed by atoms with Gasteiger partial charge in [-0.3, -0.25) is 18.8 Å². The molecule has 3 aliphatic heterocycles. The van der Waals surface area contributed by atoms with Crippen molar-refractivity contribution in [3.63, 3.8) is 0 Å². The smallest absolute Gasteiger partial charge is 0.183 e. The van der Waals surface area contributed by atoms with Gasteiger partial charge < -0.3 is 14.2 Å². The highest BCUT2D eigenvalue weighted by Gasteiger charge is 2.44. The van der Waals surface area contributed by atoms with Crippen LogP contribution in [0.4, 0.5) is 5.69 Å². The summed E-state index contributed by atoms with van der Waals surface area (Å²) >= 11 is 0. The molecule has 4 rings (SSSR count). The lowest BCUT2D eigenvalue weighted by molar-refractivity contribution is -0.111. The molecule has 0 saturated carbocycles. The molecule has 0 amide bonds. The van der Waals surface area contributed by atoms with E-state index in [1.807, 2.05) is 30.3 Å². The molecule has 0 aromatic heterocycles. The summed E-state index contributed by atoms with van der Waals surface area (Å²) in [5.74, 6) is -0.0301. The van der Waals surface area contributed by atoms with Gasteiger partial charge in [-0.15, -0.1) is 5.11 Å². The molecule has 0 bridgehead atoms. The molecular weight excluding hydrogens is 417 g/mol. The van der Waals surface area contributed by atoms with Crippen molar-refractivity contribution in [1.82, 2.24) is 14.0 Å². The van der Waals surface area contributed by atoms with Crippen molar-refractivity contribution in [2.45, 2.75) is 6.92 Å². The predicted octanol–water partition coefficient (Wildman–Crippen LogP) is 2.25. The summed E-state index contributed by atoms with van der Waals surface area (Å²) in [7, 11) is -2.46. The lowest BCUT2D eigenvalue weighted by Gasteiger charge is -2.54. The van der Waals surface area contributed by atoms with Crippen molar-refractivity contribution >= 4 is 24.2 Å². The van der Waals surface area contributed by atoms with Gasteiger partial charge in [-0.25, -0.2) is 0 Å². The third-order valence-corrected chi connectivity index (χ3v) is 10.3. The number of carbonyl (C=O) groups is 1. The summed E-state index contributed by atoms with van der Waals surface area (Å²) in [6.45, 7) is 10.1. The molecule has 0 atom stereocenters. The first kappa shape index (κ1) is 22.7. The van der Waals surface area contributed by atoms with Crippen LogP contribution in [0.25, 0.3) is 0 Å². The molecule has 3 fully saturated rings. The number of ketones is 1. The molecule has 0 aliphatic carbocycles. The SMILES string of the molecule is CC(=O)C(N=Nc1ccccc1)=P(N1CCOCC1)(N1CCOCC1)N1CCOCC1. The Labute approximate surface area is 184 Å². The number of carbonyl (C=O) groups excluding carboxylic acids is 1. The third kappa shape index (κ3) is 4.98. The molecule has 1 aromatic carbocycles. The van der Waals surface area contributed by atoms with Gasteiger partial charge in [-0.05, 0) is 12.1 Å². The minimum Gasteiger partial charge on any atom is -0.379 e. The van der Waals surface area contributed by atoms with E-state index in [9.17, 15) is 4.79 Å². The zero-order valence-corrected chi connectivity index (χ0v) is 19.1. The van der Waals surface area contributed by atoms with E-state index in [-0.39, 0.29) is 5.78 Å².